The lowest BCUT2D eigenvalue weighted by Crippen LogP contribution is -2.38. The Hall–Kier alpha value is -0.210. The first-order valence-corrected chi connectivity index (χ1v) is 7.99. The van der Waals surface area contributed by atoms with E-state index in [1.54, 1.807) is 6.92 Å². The molecule has 108 valence electrons. The van der Waals surface area contributed by atoms with Crippen LogP contribution >= 0.6 is 0 Å². The van der Waals surface area contributed by atoms with Gasteiger partial charge in [0.25, 0.3) is 0 Å². The van der Waals surface area contributed by atoms with Crippen molar-refractivity contribution in [2.75, 3.05) is 45.3 Å². The highest BCUT2D eigenvalue weighted by molar-refractivity contribution is 7.89. The van der Waals surface area contributed by atoms with Crippen molar-refractivity contribution in [3.05, 3.63) is 0 Å². The maximum Gasteiger partial charge on any atom is 0.216 e. The molecule has 0 aromatic carbocycles. The number of hydrogen-bond donors (Lipinski definition) is 1. The monoisotopic (exact) mass is 281 g/mol. The maximum atomic E-state index is 12.1. The van der Waals surface area contributed by atoms with Gasteiger partial charge in [0.15, 0.2) is 0 Å². The predicted octanol–water partition coefficient (Wildman–Crippen LogP) is -0.174. The highest BCUT2D eigenvalue weighted by Crippen LogP contribution is 2.15. The molecule has 1 atom stereocenters. The average molecular weight is 281 g/mol. The summed E-state index contributed by atoms with van der Waals surface area (Å²) < 4.78 is 36.1. The Morgan fingerprint density at radius 2 is 2.22 bits per heavy atom. The van der Waals surface area contributed by atoms with Gasteiger partial charge < -0.3 is 14.6 Å². The summed E-state index contributed by atoms with van der Waals surface area (Å²) in [5.74, 6) is 0.0564. The third kappa shape index (κ3) is 5.19. The fourth-order valence-electron chi connectivity index (χ4n) is 1.94. The molecule has 0 aromatic heterocycles. The lowest BCUT2D eigenvalue weighted by atomic mass is 10.3. The second kappa shape index (κ2) is 8.06. The molecule has 0 aliphatic carbocycles. The van der Waals surface area contributed by atoms with E-state index < -0.39 is 10.0 Å². The van der Waals surface area contributed by atoms with Crippen LogP contribution in [0.1, 0.15) is 19.8 Å². The number of likely N-dealkylation sites (N-methyl/N-ethyl adjacent to an activating group) is 1. The van der Waals surface area contributed by atoms with Gasteiger partial charge in [-0.25, -0.2) is 8.42 Å². The largest absolute Gasteiger partial charge is 0.394 e. The molecule has 1 aliphatic heterocycles. The number of rotatable bonds is 9. The van der Waals surface area contributed by atoms with E-state index in [0.29, 0.717) is 26.3 Å². The molecule has 0 saturated carbocycles. The van der Waals surface area contributed by atoms with Crippen molar-refractivity contribution in [2.24, 2.45) is 0 Å². The van der Waals surface area contributed by atoms with Crippen LogP contribution in [0.3, 0.4) is 0 Å². The smallest absolute Gasteiger partial charge is 0.216 e. The number of nitrogens with zero attached hydrogens (tertiary/aromatic N) is 1. The molecule has 1 aliphatic rings. The van der Waals surface area contributed by atoms with Crippen LogP contribution in [0, 0.1) is 0 Å². The highest BCUT2D eigenvalue weighted by Gasteiger charge is 2.27. The van der Waals surface area contributed by atoms with Gasteiger partial charge in [-0.15, -0.1) is 0 Å². The minimum atomic E-state index is -3.28. The van der Waals surface area contributed by atoms with Crippen LogP contribution in [0.25, 0.3) is 0 Å². The summed E-state index contributed by atoms with van der Waals surface area (Å²) >= 11 is 0. The molecule has 7 heteroatoms. The lowest BCUT2D eigenvalue weighted by Gasteiger charge is -2.22. The van der Waals surface area contributed by atoms with Gasteiger partial charge in [0, 0.05) is 19.7 Å². The van der Waals surface area contributed by atoms with Gasteiger partial charge in [0.05, 0.1) is 31.7 Å². The molecule has 1 fully saturated rings. The molecule has 1 N–H and O–H groups in total. The van der Waals surface area contributed by atoms with Crippen molar-refractivity contribution in [3.8, 4) is 0 Å². The Balaban J connectivity index is 2.40. The van der Waals surface area contributed by atoms with Crippen molar-refractivity contribution in [2.45, 2.75) is 25.9 Å². The minimum absolute atomic E-state index is 0.0468. The summed E-state index contributed by atoms with van der Waals surface area (Å²) in [5.41, 5.74) is 0. The zero-order chi connectivity index (χ0) is 13.4. The zero-order valence-corrected chi connectivity index (χ0v) is 11.7. The van der Waals surface area contributed by atoms with Crippen molar-refractivity contribution < 1.29 is 23.0 Å². The zero-order valence-electron chi connectivity index (χ0n) is 10.9. The fourth-order valence-corrected chi connectivity index (χ4v) is 3.63. The molecule has 1 heterocycles. The predicted molar refractivity (Wildman–Crippen MR) is 67.9 cm³/mol. The van der Waals surface area contributed by atoms with E-state index in [1.165, 1.54) is 4.31 Å². The Kier molecular flexibility index (Phi) is 7.10. The summed E-state index contributed by atoms with van der Waals surface area (Å²) in [6, 6.07) is 0. The third-order valence-electron chi connectivity index (χ3n) is 2.89. The van der Waals surface area contributed by atoms with E-state index in [2.05, 4.69) is 0 Å². The molecule has 1 saturated heterocycles. The summed E-state index contributed by atoms with van der Waals surface area (Å²) in [7, 11) is -3.28. The number of aliphatic hydroxyl groups is 1. The normalized spacial score (nSPS) is 20.7. The Bertz CT molecular complexity index is 313. The van der Waals surface area contributed by atoms with Gasteiger partial charge >= 0.3 is 0 Å². The molecule has 0 bridgehead atoms. The van der Waals surface area contributed by atoms with E-state index >= 15 is 0 Å². The van der Waals surface area contributed by atoms with Crippen LogP contribution < -0.4 is 0 Å². The SMILES string of the molecule is CCN(CCOCCO)S(=O)(=O)CC1CCCO1. The number of aliphatic hydroxyl groups excluding tert-OH is 1. The van der Waals surface area contributed by atoms with Gasteiger partial charge in [-0.3, -0.25) is 0 Å². The molecule has 6 nitrogen and oxygen atoms in total. The molecular weight excluding hydrogens is 258 g/mol. The first kappa shape index (κ1) is 15.8. The van der Waals surface area contributed by atoms with Gasteiger partial charge in [-0.2, -0.15) is 4.31 Å². The summed E-state index contributed by atoms with van der Waals surface area (Å²) in [5, 5.41) is 8.56. The Morgan fingerprint density at radius 1 is 1.44 bits per heavy atom. The van der Waals surface area contributed by atoms with Crippen molar-refractivity contribution >= 4 is 10.0 Å². The second-order valence-corrected chi connectivity index (χ2v) is 6.25. The molecular formula is C11H23NO5S. The third-order valence-corrected chi connectivity index (χ3v) is 4.91. The summed E-state index contributed by atoms with van der Waals surface area (Å²) in [4.78, 5) is 0. The van der Waals surface area contributed by atoms with Crippen LogP contribution in [-0.4, -0.2) is 69.2 Å². The molecule has 0 aromatic rings. The number of ether oxygens (including phenoxy) is 2. The van der Waals surface area contributed by atoms with Crippen molar-refractivity contribution in [3.63, 3.8) is 0 Å². The van der Waals surface area contributed by atoms with E-state index in [-0.39, 0.29) is 25.1 Å². The first-order chi connectivity index (χ1) is 8.60. The first-order valence-electron chi connectivity index (χ1n) is 6.38. The van der Waals surface area contributed by atoms with E-state index in [9.17, 15) is 8.42 Å². The summed E-state index contributed by atoms with van der Waals surface area (Å²) in [6.45, 7) is 3.71. The number of hydrogen-bond acceptors (Lipinski definition) is 5. The van der Waals surface area contributed by atoms with Crippen molar-refractivity contribution in [1.29, 1.82) is 0 Å². The van der Waals surface area contributed by atoms with Crippen LogP contribution in [-0.2, 0) is 19.5 Å². The minimum Gasteiger partial charge on any atom is -0.394 e. The van der Waals surface area contributed by atoms with Crippen LogP contribution in [0.2, 0.25) is 0 Å². The maximum absolute atomic E-state index is 12.1. The molecule has 18 heavy (non-hydrogen) atoms. The molecule has 1 rings (SSSR count). The van der Waals surface area contributed by atoms with Crippen LogP contribution in [0.5, 0.6) is 0 Å². The van der Waals surface area contributed by atoms with Gasteiger partial charge in [-0.1, -0.05) is 6.92 Å². The molecule has 1 unspecified atom stereocenters. The average Bonchev–Trinajstić information content (AvgIpc) is 2.80. The topological polar surface area (TPSA) is 76.1 Å². The van der Waals surface area contributed by atoms with Gasteiger partial charge in [0.2, 0.25) is 10.0 Å². The Morgan fingerprint density at radius 3 is 2.78 bits per heavy atom. The Labute approximate surface area is 109 Å². The van der Waals surface area contributed by atoms with Crippen molar-refractivity contribution in [1.82, 2.24) is 4.31 Å². The van der Waals surface area contributed by atoms with E-state index in [1.807, 2.05) is 0 Å². The second-order valence-electron chi connectivity index (χ2n) is 4.24. The van der Waals surface area contributed by atoms with Crippen LogP contribution in [0.15, 0.2) is 0 Å². The fraction of sp³-hybridized carbons (Fsp3) is 1.00. The van der Waals surface area contributed by atoms with E-state index in [0.717, 1.165) is 12.8 Å². The highest BCUT2D eigenvalue weighted by atomic mass is 32.2. The summed E-state index contributed by atoms with van der Waals surface area (Å²) in [6.07, 6.45) is 1.59. The quantitative estimate of drug-likeness (QED) is 0.594. The lowest BCUT2D eigenvalue weighted by molar-refractivity contribution is 0.0854. The number of sulfonamides is 1. The van der Waals surface area contributed by atoms with E-state index in [4.69, 9.17) is 14.6 Å². The van der Waals surface area contributed by atoms with Crippen LogP contribution in [0.4, 0.5) is 0 Å². The molecule has 0 spiro atoms. The molecule has 0 radical (unpaired) electrons. The standard InChI is InChI=1S/C11H23NO5S/c1-2-12(5-8-16-9-6-13)18(14,15)10-11-4-3-7-17-11/h11,13H,2-10H2,1H3. The van der Waals surface area contributed by atoms with Gasteiger partial charge in [-0.05, 0) is 12.8 Å². The van der Waals surface area contributed by atoms with Gasteiger partial charge in [0.1, 0.15) is 0 Å². The molecule has 0 amide bonds.